The molecule has 5 atom stereocenters. The van der Waals surface area contributed by atoms with Gasteiger partial charge < -0.3 is 13.9 Å². The maximum absolute atomic E-state index is 6.86. The van der Waals surface area contributed by atoms with Gasteiger partial charge in [0.1, 0.15) is 0 Å². The lowest BCUT2D eigenvalue weighted by atomic mass is 9.84. The first-order valence-corrected chi connectivity index (χ1v) is 15.0. The lowest BCUT2D eigenvalue weighted by Crippen LogP contribution is -2.53. The summed E-state index contributed by atoms with van der Waals surface area (Å²) in [6, 6.07) is 10.4. The highest BCUT2D eigenvalue weighted by Crippen LogP contribution is 2.41. The number of hydrogen-bond acceptors (Lipinski definition) is 3. The molecule has 1 aliphatic heterocycles. The molecule has 0 bridgehead atoms. The van der Waals surface area contributed by atoms with Gasteiger partial charge in [-0.05, 0) is 30.1 Å². The summed E-state index contributed by atoms with van der Waals surface area (Å²) in [5.74, 6) is 0.721. The number of alkyl halides is 1. The van der Waals surface area contributed by atoms with Gasteiger partial charge in [0.2, 0.25) is 0 Å². The van der Waals surface area contributed by atoms with Gasteiger partial charge in [-0.15, -0.1) is 0 Å². The molecule has 1 aromatic carbocycles. The molecule has 0 saturated carbocycles. The number of benzene rings is 1. The average Bonchev–Trinajstić information content (AvgIpc) is 2.63. The summed E-state index contributed by atoms with van der Waals surface area (Å²) in [7, 11) is -1.80. The van der Waals surface area contributed by atoms with Gasteiger partial charge in [-0.1, -0.05) is 87.5 Å². The van der Waals surface area contributed by atoms with Crippen molar-refractivity contribution in [2.24, 2.45) is 11.8 Å². The molecule has 160 valence electrons. The fourth-order valence-corrected chi connectivity index (χ4v) is 5.57. The minimum Gasteiger partial charge on any atom is -0.413 e. The quantitative estimate of drug-likeness (QED) is 0.225. The summed E-state index contributed by atoms with van der Waals surface area (Å²) >= 11 is 2.45. The molecule has 0 aliphatic carbocycles. The van der Waals surface area contributed by atoms with Gasteiger partial charge in [0.15, 0.2) is 8.32 Å². The first kappa shape index (κ1) is 24.3. The van der Waals surface area contributed by atoms with E-state index in [9.17, 15) is 0 Å². The van der Waals surface area contributed by atoms with Crippen LogP contribution in [-0.4, -0.2) is 37.7 Å². The molecule has 28 heavy (non-hydrogen) atoms. The van der Waals surface area contributed by atoms with Crippen molar-refractivity contribution in [2.45, 2.75) is 84.1 Å². The van der Waals surface area contributed by atoms with Gasteiger partial charge in [-0.2, -0.15) is 0 Å². The molecule has 1 aliphatic rings. The van der Waals surface area contributed by atoms with Crippen molar-refractivity contribution in [2.75, 3.05) is 11.0 Å². The van der Waals surface area contributed by atoms with E-state index in [1.165, 1.54) is 5.56 Å². The average molecular weight is 519 g/mol. The fourth-order valence-electron chi connectivity index (χ4n) is 3.58. The minimum atomic E-state index is -1.80. The number of ether oxygens (including phenoxy) is 2. The normalized spacial score (nSPS) is 27.6. The summed E-state index contributed by atoms with van der Waals surface area (Å²) in [6.07, 6.45) is 1.73. The summed E-state index contributed by atoms with van der Waals surface area (Å²) in [5.41, 5.74) is 1.22. The van der Waals surface area contributed by atoms with Crippen LogP contribution in [-0.2, 0) is 20.5 Å². The highest BCUT2D eigenvalue weighted by molar-refractivity contribution is 14.1. The zero-order chi connectivity index (χ0) is 20.9. The third kappa shape index (κ3) is 6.52. The molecule has 0 N–H and O–H groups in total. The zero-order valence-electron chi connectivity index (χ0n) is 18.7. The second-order valence-corrected chi connectivity index (χ2v) is 15.5. The predicted molar refractivity (Wildman–Crippen MR) is 129 cm³/mol. The molecule has 1 aromatic rings. The lowest BCUT2D eigenvalue weighted by molar-refractivity contribution is -0.145. The molecule has 0 amide bonds. The van der Waals surface area contributed by atoms with E-state index in [0.717, 1.165) is 10.8 Å². The van der Waals surface area contributed by atoms with Crippen LogP contribution in [0.4, 0.5) is 0 Å². The Kier molecular flexibility index (Phi) is 9.01. The Balaban J connectivity index is 1.99. The van der Waals surface area contributed by atoms with Crippen LogP contribution in [0.2, 0.25) is 18.1 Å². The van der Waals surface area contributed by atoms with Crippen LogP contribution in [0, 0.1) is 11.8 Å². The SMILES string of the molecule is C[C@@H]1[C@@H]([C@@H](C)COCc2ccccc2)O[C@@H](CI)C[C@H]1O[Si](C)(C)C(C)(C)C. The van der Waals surface area contributed by atoms with Gasteiger partial charge in [0.25, 0.3) is 0 Å². The van der Waals surface area contributed by atoms with E-state index in [-0.39, 0.29) is 23.4 Å². The van der Waals surface area contributed by atoms with Gasteiger partial charge >= 0.3 is 0 Å². The van der Waals surface area contributed by atoms with Crippen LogP contribution in [0.5, 0.6) is 0 Å². The second-order valence-electron chi connectivity index (χ2n) is 9.87. The van der Waals surface area contributed by atoms with Gasteiger partial charge in [-0.25, -0.2) is 0 Å². The van der Waals surface area contributed by atoms with Crippen LogP contribution >= 0.6 is 22.6 Å². The molecule has 0 aromatic heterocycles. The largest absolute Gasteiger partial charge is 0.413 e. The van der Waals surface area contributed by atoms with Crippen molar-refractivity contribution in [3.8, 4) is 0 Å². The Hall–Kier alpha value is 0.0469. The third-order valence-electron chi connectivity index (χ3n) is 6.43. The van der Waals surface area contributed by atoms with Gasteiger partial charge in [-0.3, -0.25) is 0 Å². The summed E-state index contributed by atoms with van der Waals surface area (Å²) in [6.45, 7) is 17.6. The van der Waals surface area contributed by atoms with Crippen molar-refractivity contribution in [3.63, 3.8) is 0 Å². The Bertz CT molecular complexity index is 587. The van der Waals surface area contributed by atoms with E-state index in [1.54, 1.807) is 0 Å². The molecular formula is C23H39IO3Si. The Morgan fingerprint density at radius 1 is 1.21 bits per heavy atom. The Labute approximate surface area is 187 Å². The molecule has 3 nitrogen and oxygen atoms in total. The highest BCUT2D eigenvalue weighted by atomic mass is 127. The summed E-state index contributed by atoms with van der Waals surface area (Å²) < 4.78 is 20.4. The van der Waals surface area contributed by atoms with Crippen LogP contribution in [0.25, 0.3) is 0 Å². The van der Waals surface area contributed by atoms with Crippen molar-refractivity contribution in [3.05, 3.63) is 35.9 Å². The molecule has 2 rings (SSSR count). The monoisotopic (exact) mass is 518 g/mol. The predicted octanol–water partition coefficient (Wildman–Crippen LogP) is 6.46. The van der Waals surface area contributed by atoms with Crippen molar-refractivity contribution in [1.82, 2.24) is 0 Å². The maximum Gasteiger partial charge on any atom is 0.192 e. The van der Waals surface area contributed by atoms with Crippen LogP contribution in [0.3, 0.4) is 0 Å². The van der Waals surface area contributed by atoms with Crippen LogP contribution in [0.1, 0.15) is 46.6 Å². The number of hydrogen-bond donors (Lipinski definition) is 0. The van der Waals surface area contributed by atoms with Crippen LogP contribution < -0.4 is 0 Å². The molecule has 1 fully saturated rings. The first-order valence-electron chi connectivity index (χ1n) is 10.6. The van der Waals surface area contributed by atoms with Gasteiger partial charge in [0, 0.05) is 16.3 Å². The van der Waals surface area contributed by atoms with Gasteiger partial charge in [0.05, 0.1) is 31.5 Å². The molecule has 5 heteroatoms. The Morgan fingerprint density at radius 2 is 1.86 bits per heavy atom. The van der Waals surface area contributed by atoms with E-state index < -0.39 is 8.32 Å². The molecule has 1 heterocycles. The zero-order valence-corrected chi connectivity index (χ0v) is 21.9. The van der Waals surface area contributed by atoms with Crippen molar-refractivity contribution >= 4 is 30.9 Å². The summed E-state index contributed by atoms with van der Waals surface area (Å²) in [4.78, 5) is 0. The van der Waals surface area contributed by atoms with E-state index >= 15 is 0 Å². The van der Waals surface area contributed by atoms with E-state index in [1.807, 2.05) is 6.07 Å². The minimum absolute atomic E-state index is 0.180. The smallest absolute Gasteiger partial charge is 0.192 e. The Morgan fingerprint density at radius 3 is 2.43 bits per heavy atom. The molecular weight excluding hydrogens is 479 g/mol. The first-order chi connectivity index (χ1) is 13.0. The van der Waals surface area contributed by atoms with E-state index in [4.69, 9.17) is 13.9 Å². The maximum atomic E-state index is 6.86. The number of rotatable bonds is 8. The molecule has 1 saturated heterocycles. The fraction of sp³-hybridized carbons (Fsp3) is 0.739. The third-order valence-corrected chi connectivity index (χ3v) is 11.9. The van der Waals surface area contributed by atoms with Crippen LogP contribution in [0.15, 0.2) is 30.3 Å². The lowest BCUT2D eigenvalue weighted by Gasteiger charge is -2.47. The van der Waals surface area contributed by atoms with E-state index in [0.29, 0.717) is 25.0 Å². The number of halogens is 1. The second kappa shape index (κ2) is 10.4. The van der Waals surface area contributed by atoms with Crippen molar-refractivity contribution < 1.29 is 13.9 Å². The summed E-state index contributed by atoms with van der Waals surface area (Å²) in [5, 5.41) is 0.227. The topological polar surface area (TPSA) is 27.7 Å². The molecule has 0 spiro atoms. The standard InChI is InChI=1S/C23H39IO3Si/c1-17(15-25-16-19-11-9-8-10-12-19)22-18(2)21(13-20(14-24)26-22)27-28(6,7)23(3,4)5/h8-12,17-18,20-22H,13-16H2,1-7H3/t17-,18-,20+,21+,22+/m0/s1. The molecule has 0 radical (unpaired) electrons. The van der Waals surface area contributed by atoms with E-state index in [2.05, 4.69) is 94.6 Å². The molecule has 0 unspecified atom stereocenters. The highest BCUT2D eigenvalue weighted by Gasteiger charge is 2.45. The van der Waals surface area contributed by atoms with Crippen molar-refractivity contribution in [1.29, 1.82) is 0 Å².